The number of carbonyl (C=O) groups is 1. The van der Waals surface area contributed by atoms with Crippen molar-refractivity contribution in [2.24, 2.45) is 7.05 Å². The summed E-state index contributed by atoms with van der Waals surface area (Å²) in [6.45, 7) is 2.23. The van der Waals surface area contributed by atoms with Gasteiger partial charge < -0.3 is 5.32 Å². The van der Waals surface area contributed by atoms with Crippen LogP contribution in [0.15, 0.2) is 30.5 Å². The number of rotatable bonds is 4. The molecule has 5 heteroatoms. The SMILES string of the molecule is Cc1c(C(=O)NCCc2ccccc2F)cnn1C. The first-order valence-electron chi connectivity index (χ1n) is 6.10. The van der Waals surface area contributed by atoms with Crippen molar-refractivity contribution in [2.75, 3.05) is 6.54 Å². The topological polar surface area (TPSA) is 46.9 Å². The largest absolute Gasteiger partial charge is 0.352 e. The number of halogens is 1. The van der Waals surface area contributed by atoms with Crippen LogP contribution in [0.1, 0.15) is 21.6 Å². The number of aromatic nitrogens is 2. The van der Waals surface area contributed by atoms with Crippen LogP contribution >= 0.6 is 0 Å². The fourth-order valence-electron chi connectivity index (χ4n) is 1.83. The van der Waals surface area contributed by atoms with E-state index in [4.69, 9.17) is 0 Å². The number of hydrogen-bond acceptors (Lipinski definition) is 2. The maximum absolute atomic E-state index is 13.4. The molecular weight excluding hydrogens is 245 g/mol. The van der Waals surface area contributed by atoms with Gasteiger partial charge in [0.25, 0.3) is 5.91 Å². The van der Waals surface area contributed by atoms with Gasteiger partial charge in [0.2, 0.25) is 0 Å². The molecule has 0 spiro atoms. The number of benzene rings is 1. The first-order chi connectivity index (χ1) is 9.09. The Morgan fingerprint density at radius 2 is 2.16 bits per heavy atom. The molecule has 0 aliphatic carbocycles. The Balaban J connectivity index is 1.91. The molecule has 19 heavy (non-hydrogen) atoms. The van der Waals surface area contributed by atoms with Crippen LogP contribution in [-0.4, -0.2) is 22.2 Å². The predicted octanol–water partition coefficient (Wildman–Crippen LogP) is 1.84. The Bertz CT molecular complexity index is 592. The molecular formula is C14H16FN3O. The van der Waals surface area contributed by atoms with Crippen molar-refractivity contribution in [2.45, 2.75) is 13.3 Å². The van der Waals surface area contributed by atoms with Gasteiger partial charge in [-0.15, -0.1) is 0 Å². The Labute approximate surface area is 111 Å². The van der Waals surface area contributed by atoms with Gasteiger partial charge in [0.15, 0.2) is 0 Å². The van der Waals surface area contributed by atoms with Gasteiger partial charge in [0, 0.05) is 19.3 Å². The minimum atomic E-state index is -0.241. The van der Waals surface area contributed by atoms with E-state index in [1.165, 1.54) is 12.3 Å². The van der Waals surface area contributed by atoms with E-state index in [-0.39, 0.29) is 11.7 Å². The third-order valence-electron chi connectivity index (χ3n) is 3.12. The minimum absolute atomic E-state index is 0.179. The monoisotopic (exact) mass is 261 g/mol. The lowest BCUT2D eigenvalue weighted by Gasteiger charge is -2.05. The molecule has 0 aliphatic heterocycles. The smallest absolute Gasteiger partial charge is 0.254 e. The summed E-state index contributed by atoms with van der Waals surface area (Å²) >= 11 is 0. The normalized spacial score (nSPS) is 10.5. The molecule has 0 saturated carbocycles. The van der Waals surface area contributed by atoms with Crippen molar-refractivity contribution >= 4 is 5.91 Å². The first-order valence-corrected chi connectivity index (χ1v) is 6.10. The molecule has 0 atom stereocenters. The van der Waals surface area contributed by atoms with E-state index in [1.807, 2.05) is 6.92 Å². The Morgan fingerprint density at radius 3 is 2.79 bits per heavy atom. The van der Waals surface area contributed by atoms with Gasteiger partial charge in [0.1, 0.15) is 5.82 Å². The summed E-state index contributed by atoms with van der Waals surface area (Å²) in [6.07, 6.45) is 2.01. The second-order valence-corrected chi connectivity index (χ2v) is 4.36. The van der Waals surface area contributed by atoms with Crippen molar-refractivity contribution < 1.29 is 9.18 Å². The highest BCUT2D eigenvalue weighted by Gasteiger charge is 2.12. The van der Waals surface area contributed by atoms with Gasteiger partial charge in [-0.05, 0) is 25.0 Å². The number of nitrogens with one attached hydrogen (secondary N) is 1. The molecule has 4 nitrogen and oxygen atoms in total. The lowest BCUT2D eigenvalue weighted by atomic mass is 10.1. The van der Waals surface area contributed by atoms with Crippen LogP contribution in [0.3, 0.4) is 0 Å². The lowest BCUT2D eigenvalue weighted by molar-refractivity contribution is 0.0953. The zero-order valence-electron chi connectivity index (χ0n) is 11.0. The van der Waals surface area contributed by atoms with Crippen LogP contribution in [0.4, 0.5) is 4.39 Å². The van der Waals surface area contributed by atoms with Crippen molar-refractivity contribution in [3.63, 3.8) is 0 Å². The summed E-state index contributed by atoms with van der Waals surface area (Å²) in [5, 5.41) is 6.78. The Hall–Kier alpha value is -2.17. The summed E-state index contributed by atoms with van der Waals surface area (Å²) in [7, 11) is 1.78. The summed E-state index contributed by atoms with van der Waals surface area (Å²) in [6, 6.07) is 6.57. The minimum Gasteiger partial charge on any atom is -0.352 e. The highest BCUT2D eigenvalue weighted by atomic mass is 19.1. The average molecular weight is 261 g/mol. The number of carbonyl (C=O) groups excluding carboxylic acids is 1. The zero-order chi connectivity index (χ0) is 13.8. The number of amides is 1. The lowest BCUT2D eigenvalue weighted by Crippen LogP contribution is -2.26. The molecule has 1 aromatic carbocycles. The van der Waals surface area contributed by atoms with E-state index >= 15 is 0 Å². The third kappa shape index (κ3) is 2.99. The van der Waals surface area contributed by atoms with Gasteiger partial charge in [-0.2, -0.15) is 5.10 Å². The van der Waals surface area contributed by atoms with Crippen LogP contribution in [0.5, 0.6) is 0 Å². The highest BCUT2D eigenvalue weighted by Crippen LogP contribution is 2.07. The molecule has 0 fully saturated rings. The van der Waals surface area contributed by atoms with Crippen molar-refractivity contribution in [1.29, 1.82) is 0 Å². The quantitative estimate of drug-likeness (QED) is 0.913. The van der Waals surface area contributed by atoms with Gasteiger partial charge in [-0.25, -0.2) is 4.39 Å². The number of nitrogens with zero attached hydrogens (tertiary/aromatic N) is 2. The van der Waals surface area contributed by atoms with Gasteiger partial charge in [-0.1, -0.05) is 18.2 Å². The molecule has 2 aromatic rings. The standard InChI is InChI=1S/C14H16FN3O/c1-10-12(9-17-18(10)2)14(19)16-8-7-11-5-3-4-6-13(11)15/h3-6,9H,7-8H2,1-2H3,(H,16,19). The van der Waals surface area contributed by atoms with E-state index in [0.29, 0.717) is 24.1 Å². The van der Waals surface area contributed by atoms with Crippen molar-refractivity contribution in [3.05, 3.63) is 53.1 Å². The molecule has 0 aliphatic rings. The molecule has 1 aromatic heterocycles. The molecule has 2 rings (SSSR count). The van der Waals surface area contributed by atoms with Crippen LogP contribution in [0.25, 0.3) is 0 Å². The summed E-state index contributed by atoms with van der Waals surface area (Å²) < 4.78 is 15.0. The predicted molar refractivity (Wildman–Crippen MR) is 70.4 cm³/mol. The van der Waals surface area contributed by atoms with Crippen LogP contribution in [0, 0.1) is 12.7 Å². The molecule has 1 N–H and O–H groups in total. The highest BCUT2D eigenvalue weighted by molar-refractivity contribution is 5.94. The maximum atomic E-state index is 13.4. The molecule has 0 saturated heterocycles. The van der Waals surface area contributed by atoms with Gasteiger partial charge >= 0.3 is 0 Å². The second kappa shape index (κ2) is 5.65. The number of hydrogen-bond donors (Lipinski definition) is 1. The van der Waals surface area contributed by atoms with Gasteiger partial charge in [-0.3, -0.25) is 9.48 Å². The maximum Gasteiger partial charge on any atom is 0.254 e. The van der Waals surface area contributed by atoms with Crippen molar-refractivity contribution in [1.82, 2.24) is 15.1 Å². The summed E-state index contributed by atoms with van der Waals surface area (Å²) in [5.41, 5.74) is 1.96. The summed E-state index contributed by atoms with van der Waals surface area (Å²) in [5.74, 6) is -0.420. The van der Waals surface area contributed by atoms with Crippen LogP contribution < -0.4 is 5.32 Å². The summed E-state index contributed by atoms with van der Waals surface area (Å²) in [4.78, 5) is 11.9. The number of aryl methyl sites for hydroxylation is 1. The fraction of sp³-hybridized carbons (Fsp3) is 0.286. The van der Waals surface area contributed by atoms with Crippen molar-refractivity contribution in [3.8, 4) is 0 Å². The Morgan fingerprint density at radius 1 is 1.42 bits per heavy atom. The first kappa shape index (κ1) is 13.3. The van der Waals surface area contributed by atoms with Gasteiger partial charge in [0.05, 0.1) is 11.8 Å². The molecule has 0 unspecified atom stereocenters. The van der Waals surface area contributed by atoms with Crippen LogP contribution in [-0.2, 0) is 13.5 Å². The Kier molecular flexibility index (Phi) is 3.94. The van der Waals surface area contributed by atoms with E-state index in [1.54, 1.807) is 29.9 Å². The molecule has 1 amide bonds. The zero-order valence-corrected chi connectivity index (χ0v) is 11.0. The second-order valence-electron chi connectivity index (χ2n) is 4.36. The molecule has 0 radical (unpaired) electrons. The van der Waals surface area contributed by atoms with E-state index in [9.17, 15) is 9.18 Å². The van der Waals surface area contributed by atoms with E-state index < -0.39 is 0 Å². The molecule has 100 valence electrons. The van der Waals surface area contributed by atoms with E-state index in [2.05, 4.69) is 10.4 Å². The third-order valence-corrected chi connectivity index (χ3v) is 3.12. The molecule has 0 bridgehead atoms. The van der Waals surface area contributed by atoms with Crippen LogP contribution in [0.2, 0.25) is 0 Å². The molecule has 1 heterocycles. The average Bonchev–Trinajstić information content (AvgIpc) is 2.72. The van der Waals surface area contributed by atoms with E-state index in [0.717, 1.165) is 5.69 Å². The fourth-order valence-corrected chi connectivity index (χ4v) is 1.83.